The number of hydrogen-bond donors (Lipinski definition) is 1. The molecule has 0 fully saturated rings. The molecule has 1 aromatic rings. The number of benzene rings is 1. The average Bonchev–Trinajstić information content (AvgIpc) is 2.25. The fraction of sp³-hybridized carbons (Fsp3) is 0.308. The second-order valence-electron chi connectivity index (χ2n) is 3.47. The molecule has 2 heteroatoms. The Morgan fingerprint density at radius 2 is 1.93 bits per heavy atom. The van der Waals surface area contributed by atoms with Crippen molar-refractivity contribution in [2.75, 3.05) is 0 Å². The zero-order valence-electron chi connectivity index (χ0n) is 8.70. The lowest BCUT2D eigenvalue weighted by Gasteiger charge is -2.01. The second-order valence-corrected chi connectivity index (χ2v) is 3.47. The number of hydrogen-bond acceptors (Lipinski definition) is 1. The maximum absolute atomic E-state index is 10.8. The third-order valence-corrected chi connectivity index (χ3v) is 2.28. The van der Waals surface area contributed by atoms with Gasteiger partial charge >= 0.3 is 0 Å². The van der Waals surface area contributed by atoms with Gasteiger partial charge in [-0.05, 0) is 37.0 Å². The summed E-state index contributed by atoms with van der Waals surface area (Å²) in [6.45, 7) is 0. The van der Waals surface area contributed by atoms with Gasteiger partial charge in [-0.25, -0.2) is 0 Å². The summed E-state index contributed by atoms with van der Waals surface area (Å²) >= 11 is 0. The van der Waals surface area contributed by atoms with Crippen LogP contribution < -0.4 is 5.73 Å². The zero-order chi connectivity index (χ0) is 11.1. The largest absolute Gasteiger partial charge is 0.366 e. The van der Waals surface area contributed by atoms with Gasteiger partial charge in [0.2, 0.25) is 5.91 Å². The Bertz CT molecular complexity index is 359. The molecule has 0 aliphatic heterocycles. The number of amides is 1. The summed E-state index contributed by atoms with van der Waals surface area (Å²) in [7, 11) is 0. The van der Waals surface area contributed by atoms with Crippen molar-refractivity contribution in [1.29, 1.82) is 0 Å². The molecule has 0 saturated heterocycles. The summed E-state index contributed by atoms with van der Waals surface area (Å²) in [5, 5.41) is 0. The standard InChI is InChI=1S/C13H15NO/c1-2-3-4-5-6-11-7-9-12(10-8-11)13(14)15/h1,7-10H,3-6H2,(H2,14,15). The van der Waals surface area contributed by atoms with Crippen molar-refractivity contribution in [3.8, 4) is 12.3 Å². The smallest absolute Gasteiger partial charge is 0.248 e. The van der Waals surface area contributed by atoms with Gasteiger partial charge in [-0.2, -0.15) is 0 Å². The molecule has 78 valence electrons. The monoisotopic (exact) mass is 201 g/mol. The summed E-state index contributed by atoms with van der Waals surface area (Å²) in [5.41, 5.74) is 6.92. The van der Waals surface area contributed by atoms with Crippen molar-refractivity contribution in [2.24, 2.45) is 5.73 Å². The number of nitrogens with two attached hydrogens (primary N) is 1. The van der Waals surface area contributed by atoms with Crippen LogP contribution in [0.15, 0.2) is 24.3 Å². The first-order valence-corrected chi connectivity index (χ1v) is 5.06. The molecule has 1 amide bonds. The molecule has 0 unspecified atom stereocenters. The molecule has 0 radical (unpaired) electrons. The number of terminal acetylenes is 1. The van der Waals surface area contributed by atoms with Crippen LogP contribution in [-0.4, -0.2) is 5.91 Å². The SMILES string of the molecule is C#CCCCCc1ccc(C(N)=O)cc1. The van der Waals surface area contributed by atoms with E-state index in [4.69, 9.17) is 12.2 Å². The first kappa shape index (κ1) is 11.3. The lowest BCUT2D eigenvalue weighted by atomic mass is 10.1. The molecule has 1 rings (SSSR count). The highest BCUT2D eigenvalue weighted by Gasteiger charge is 1.99. The minimum Gasteiger partial charge on any atom is -0.366 e. The summed E-state index contributed by atoms with van der Waals surface area (Å²) in [6.07, 6.45) is 9.13. The first-order valence-electron chi connectivity index (χ1n) is 5.06. The van der Waals surface area contributed by atoms with Crippen molar-refractivity contribution in [2.45, 2.75) is 25.7 Å². The quantitative estimate of drug-likeness (QED) is 0.575. The van der Waals surface area contributed by atoms with E-state index in [1.165, 1.54) is 5.56 Å². The van der Waals surface area contributed by atoms with Crippen LogP contribution in [0.5, 0.6) is 0 Å². The van der Waals surface area contributed by atoms with Crippen molar-refractivity contribution in [3.63, 3.8) is 0 Å². The summed E-state index contributed by atoms with van der Waals surface area (Å²) in [4.78, 5) is 10.8. The van der Waals surface area contributed by atoms with Gasteiger partial charge in [0, 0.05) is 12.0 Å². The molecule has 2 nitrogen and oxygen atoms in total. The lowest BCUT2D eigenvalue weighted by molar-refractivity contribution is 0.100. The van der Waals surface area contributed by atoms with Crippen molar-refractivity contribution in [3.05, 3.63) is 35.4 Å². The Balaban J connectivity index is 2.43. The van der Waals surface area contributed by atoms with E-state index in [0.29, 0.717) is 5.56 Å². The van der Waals surface area contributed by atoms with Crippen LogP contribution in [0.1, 0.15) is 35.2 Å². The number of aryl methyl sites for hydroxylation is 1. The Morgan fingerprint density at radius 1 is 1.27 bits per heavy atom. The molecule has 0 aromatic heterocycles. The van der Waals surface area contributed by atoms with Crippen LogP contribution in [0.3, 0.4) is 0 Å². The van der Waals surface area contributed by atoms with Crippen LogP contribution in [0, 0.1) is 12.3 Å². The Hall–Kier alpha value is -1.75. The van der Waals surface area contributed by atoms with Crippen LogP contribution in [0.2, 0.25) is 0 Å². The van der Waals surface area contributed by atoms with Crippen LogP contribution in [0.4, 0.5) is 0 Å². The van der Waals surface area contributed by atoms with E-state index in [1.807, 2.05) is 12.1 Å². The average molecular weight is 201 g/mol. The zero-order valence-corrected chi connectivity index (χ0v) is 8.70. The molecule has 1 aromatic carbocycles. The van der Waals surface area contributed by atoms with Gasteiger partial charge in [0.15, 0.2) is 0 Å². The first-order chi connectivity index (χ1) is 7.24. The van der Waals surface area contributed by atoms with E-state index >= 15 is 0 Å². The molecule has 0 aliphatic rings. The van der Waals surface area contributed by atoms with E-state index in [9.17, 15) is 4.79 Å². The number of carbonyl (C=O) groups is 1. The van der Waals surface area contributed by atoms with Crippen LogP contribution in [0.25, 0.3) is 0 Å². The molecule has 0 spiro atoms. The molecule has 0 saturated carbocycles. The molecular weight excluding hydrogens is 186 g/mol. The highest BCUT2D eigenvalue weighted by atomic mass is 16.1. The van der Waals surface area contributed by atoms with Gasteiger partial charge in [-0.3, -0.25) is 4.79 Å². The maximum atomic E-state index is 10.8. The molecule has 15 heavy (non-hydrogen) atoms. The van der Waals surface area contributed by atoms with Gasteiger partial charge < -0.3 is 5.73 Å². The normalized spacial score (nSPS) is 9.53. The van der Waals surface area contributed by atoms with E-state index in [-0.39, 0.29) is 5.91 Å². The number of primary amides is 1. The van der Waals surface area contributed by atoms with Crippen molar-refractivity contribution in [1.82, 2.24) is 0 Å². The van der Waals surface area contributed by atoms with Crippen molar-refractivity contribution < 1.29 is 4.79 Å². The van der Waals surface area contributed by atoms with E-state index in [2.05, 4.69) is 5.92 Å². The second kappa shape index (κ2) is 5.87. The summed E-state index contributed by atoms with van der Waals surface area (Å²) < 4.78 is 0. The Labute approximate surface area is 90.5 Å². The maximum Gasteiger partial charge on any atom is 0.248 e. The van der Waals surface area contributed by atoms with Gasteiger partial charge in [-0.1, -0.05) is 12.1 Å². The van der Waals surface area contributed by atoms with Crippen LogP contribution >= 0.6 is 0 Å². The Morgan fingerprint density at radius 3 is 2.47 bits per heavy atom. The topological polar surface area (TPSA) is 43.1 Å². The fourth-order valence-electron chi connectivity index (χ4n) is 1.39. The summed E-state index contributed by atoms with van der Waals surface area (Å²) in [6, 6.07) is 7.41. The van der Waals surface area contributed by atoms with Gasteiger partial charge in [0.05, 0.1) is 0 Å². The predicted molar refractivity (Wildman–Crippen MR) is 61.3 cm³/mol. The molecule has 2 N–H and O–H groups in total. The minimum atomic E-state index is -0.381. The minimum absolute atomic E-state index is 0.381. The highest BCUT2D eigenvalue weighted by molar-refractivity contribution is 5.92. The number of carbonyl (C=O) groups excluding carboxylic acids is 1. The number of rotatable bonds is 5. The molecule has 0 aliphatic carbocycles. The van der Waals surface area contributed by atoms with Crippen molar-refractivity contribution >= 4 is 5.91 Å². The van der Waals surface area contributed by atoms with Gasteiger partial charge in [0.1, 0.15) is 0 Å². The molecule has 0 atom stereocenters. The number of unbranched alkanes of at least 4 members (excludes halogenated alkanes) is 2. The molecular formula is C13H15NO. The van der Waals surface area contributed by atoms with Crippen LogP contribution in [-0.2, 0) is 6.42 Å². The van der Waals surface area contributed by atoms with E-state index in [0.717, 1.165) is 25.7 Å². The van der Waals surface area contributed by atoms with E-state index in [1.54, 1.807) is 12.1 Å². The molecule has 0 heterocycles. The van der Waals surface area contributed by atoms with E-state index < -0.39 is 0 Å². The third-order valence-electron chi connectivity index (χ3n) is 2.28. The lowest BCUT2D eigenvalue weighted by Crippen LogP contribution is -2.10. The molecule has 0 bridgehead atoms. The third kappa shape index (κ3) is 3.86. The van der Waals surface area contributed by atoms with Gasteiger partial charge in [0.25, 0.3) is 0 Å². The Kier molecular flexibility index (Phi) is 4.43. The highest BCUT2D eigenvalue weighted by Crippen LogP contribution is 2.08. The predicted octanol–water partition coefficient (Wildman–Crippen LogP) is 2.13. The summed E-state index contributed by atoms with van der Waals surface area (Å²) in [5.74, 6) is 2.24. The fourth-order valence-corrected chi connectivity index (χ4v) is 1.39. The van der Waals surface area contributed by atoms with Gasteiger partial charge in [-0.15, -0.1) is 12.3 Å².